The Labute approximate surface area is 132 Å². The van der Waals surface area contributed by atoms with Crippen molar-refractivity contribution in [2.75, 3.05) is 0 Å². The van der Waals surface area contributed by atoms with Gasteiger partial charge in [-0.3, -0.25) is 30.3 Å². The van der Waals surface area contributed by atoms with Gasteiger partial charge in [0.2, 0.25) is 0 Å². The van der Waals surface area contributed by atoms with E-state index >= 15 is 0 Å². The van der Waals surface area contributed by atoms with E-state index < -0.39 is 37.6 Å². The lowest BCUT2D eigenvalue weighted by Gasteiger charge is -1.98. The Morgan fingerprint density at radius 3 is 2.04 bits per heavy atom. The smallest absolute Gasteiger partial charge is 0.312 e. The van der Waals surface area contributed by atoms with Crippen molar-refractivity contribution < 1.29 is 19.9 Å². The first-order valence-corrected chi connectivity index (χ1v) is 6.11. The molecule has 0 fully saturated rings. The van der Waals surface area contributed by atoms with Crippen LogP contribution in [0.1, 0.15) is 0 Å². The van der Waals surface area contributed by atoms with E-state index in [1.54, 1.807) is 0 Å². The van der Waals surface area contributed by atoms with E-state index in [1.807, 2.05) is 0 Å². The standard InChI is InChI=1S/C12H7N5O7/c18-12-4-1-7(5-11(12)17(23)24)13-14-9-3-2-8(15(19)20)6-10(9)16(21)22/h1-6,18H. The molecule has 0 radical (unpaired) electrons. The third-order valence-electron chi connectivity index (χ3n) is 2.80. The van der Waals surface area contributed by atoms with Crippen LogP contribution in [0.5, 0.6) is 5.75 Å². The van der Waals surface area contributed by atoms with Gasteiger partial charge in [0.1, 0.15) is 0 Å². The van der Waals surface area contributed by atoms with E-state index in [9.17, 15) is 35.4 Å². The lowest BCUT2D eigenvalue weighted by Crippen LogP contribution is -1.92. The lowest BCUT2D eigenvalue weighted by molar-refractivity contribution is -0.393. The minimum atomic E-state index is -0.860. The number of benzene rings is 2. The molecule has 2 rings (SSSR count). The van der Waals surface area contributed by atoms with Gasteiger partial charge in [0, 0.05) is 12.1 Å². The van der Waals surface area contributed by atoms with Crippen molar-refractivity contribution in [3.05, 3.63) is 66.7 Å². The normalized spacial score (nSPS) is 10.7. The summed E-state index contributed by atoms with van der Waals surface area (Å²) in [6.45, 7) is 0. The van der Waals surface area contributed by atoms with Gasteiger partial charge in [-0.25, -0.2) is 0 Å². The third-order valence-corrected chi connectivity index (χ3v) is 2.80. The van der Waals surface area contributed by atoms with Crippen molar-refractivity contribution in [1.29, 1.82) is 0 Å². The van der Waals surface area contributed by atoms with Crippen molar-refractivity contribution in [1.82, 2.24) is 0 Å². The summed E-state index contributed by atoms with van der Waals surface area (Å²) in [6.07, 6.45) is 0. The summed E-state index contributed by atoms with van der Waals surface area (Å²) in [5.74, 6) is -0.569. The molecule has 0 aliphatic rings. The van der Waals surface area contributed by atoms with Crippen LogP contribution < -0.4 is 0 Å². The molecule has 0 unspecified atom stereocenters. The van der Waals surface area contributed by atoms with Gasteiger partial charge in [-0.15, -0.1) is 5.11 Å². The van der Waals surface area contributed by atoms with Crippen LogP contribution in [-0.4, -0.2) is 19.9 Å². The second-order valence-corrected chi connectivity index (χ2v) is 4.32. The van der Waals surface area contributed by atoms with Gasteiger partial charge < -0.3 is 5.11 Å². The number of phenols is 1. The monoisotopic (exact) mass is 333 g/mol. The van der Waals surface area contributed by atoms with Gasteiger partial charge in [0.05, 0.1) is 26.5 Å². The van der Waals surface area contributed by atoms with Crippen LogP contribution in [0.4, 0.5) is 28.4 Å². The molecule has 0 spiro atoms. The Balaban J connectivity index is 2.42. The molecule has 0 aliphatic carbocycles. The molecule has 12 nitrogen and oxygen atoms in total. The van der Waals surface area contributed by atoms with Crippen LogP contribution in [-0.2, 0) is 0 Å². The first-order chi connectivity index (χ1) is 11.3. The molecular weight excluding hydrogens is 326 g/mol. The fourth-order valence-corrected chi connectivity index (χ4v) is 1.69. The summed E-state index contributed by atoms with van der Waals surface area (Å²) in [7, 11) is 0. The summed E-state index contributed by atoms with van der Waals surface area (Å²) < 4.78 is 0. The highest BCUT2D eigenvalue weighted by molar-refractivity contribution is 5.62. The van der Waals surface area contributed by atoms with Crippen LogP contribution in [0, 0.1) is 30.3 Å². The summed E-state index contributed by atoms with van der Waals surface area (Å²) in [4.78, 5) is 29.8. The predicted molar refractivity (Wildman–Crippen MR) is 78.7 cm³/mol. The molecule has 0 heterocycles. The summed E-state index contributed by atoms with van der Waals surface area (Å²) in [6, 6.07) is 5.94. The van der Waals surface area contributed by atoms with Gasteiger partial charge in [-0.2, -0.15) is 5.11 Å². The Morgan fingerprint density at radius 1 is 0.792 bits per heavy atom. The maximum absolute atomic E-state index is 11.0. The van der Waals surface area contributed by atoms with Gasteiger partial charge in [0.15, 0.2) is 11.4 Å². The number of hydrogen-bond acceptors (Lipinski definition) is 9. The molecule has 0 aromatic heterocycles. The number of nitro benzene ring substituents is 3. The van der Waals surface area contributed by atoms with Crippen molar-refractivity contribution in [3.8, 4) is 5.75 Å². The van der Waals surface area contributed by atoms with Crippen LogP contribution >= 0.6 is 0 Å². The van der Waals surface area contributed by atoms with Gasteiger partial charge in [0.25, 0.3) is 5.69 Å². The highest BCUT2D eigenvalue weighted by atomic mass is 16.6. The number of non-ortho nitro benzene ring substituents is 1. The number of azo groups is 1. The van der Waals surface area contributed by atoms with Crippen LogP contribution in [0.2, 0.25) is 0 Å². The molecule has 12 heteroatoms. The highest BCUT2D eigenvalue weighted by Crippen LogP contribution is 2.34. The number of rotatable bonds is 5. The summed E-state index contributed by atoms with van der Waals surface area (Å²) >= 11 is 0. The van der Waals surface area contributed by atoms with E-state index in [0.717, 1.165) is 30.3 Å². The minimum absolute atomic E-state index is 0.0350. The van der Waals surface area contributed by atoms with E-state index in [-0.39, 0.29) is 11.4 Å². The third kappa shape index (κ3) is 3.44. The molecule has 0 saturated carbocycles. The Morgan fingerprint density at radius 2 is 1.46 bits per heavy atom. The zero-order valence-corrected chi connectivity index (χ0v) is 11.6. The second-order valence-electron chi connectivity index (χ2n) is 4.32. The zero-order chi connectivity index (χ0) is 17.9. The largest absolute Gasteiger partial charge is 0.502 e. The molecule has 0 saturated heterocycles. The fraction of sp³-hybridized carbons (Fsp3) is 0. The molecule has 0 bridgehead atoms. The molecule has 0 aliphatic heterocycles. The number of hydrogen-bond donors (Lipinski definition) is 1. The minimum Gasteiger partial charge on any atom is -0.502 e. The van der Waals surface area contributed by atoms with Crippen LogP contribution in [0.25, 0.3) is 0 Å². The van der Waals surface area contributed by atoms with Gasteiger partial charge >= 0.3 is 11.4 Å². The Bertz CT molecular complexity index is 880. The first kappa shape index (κ1) is 16.4. The topological polar surface area (TPSA) is 174 Å². The number of nitrogens with zero attached hydrogens (tertiary/aromatic N) is 5. The molecule has 122 valence electrons. The Kier molecular flexibility index (Phi) is 4.40. The zero-order valence-electron chi connectivity index (χ0n) is 11.6. The number of aromatic hydroxyl groups is 1. The maximum atomic E-state index is 11.0. The lowest BCUT2D eigenvalue weighted by atomic mass is 10.2. The van der Waals surface area contributed by atoms with E-state index in [0.29, 0.717) is 0 Å². The van der Waals surface area contributed by atoms with E-state index in [4.69, 9.17) is 0 Å². The molecule has 2 aromatic rings. The number of phenolic OH excluding ortho intramolecular Hbond substituents is 1. The SMILES string of the molecule is O=[N+]([O-])c1ccc(N=Nc2ccc(O)c([N+](=O)[O-])c2)c([N+](=O)[O-])c1. The molecule has 0 atom stereocenters. The van der Waals surface area contributed by atoms with Crippen molar-refractivity contribution in [2.45, 2.75) is 0 Å². The Hall–Kier alpha value is -3.96. The van der Waals surface area contributed by atoms with E-state index in [2.05, 4.69) is 10.2 Å². The summed E-state index contributed by atoms with van der Waals surface area (Å²) in [5, 5.41) is 48.8. The highest BCUT2D eigenvalue weighted by Gasteiger charge is 2.19. The molecule has 24 heavy (non-hydrogen) atoms. The van der Waals surface area contributed by atoms with E-state index in [1.165, 1.54) is 6.07 Å². The van der Waals surface area contributed by atoms with Crippen molar-refractivity contribution >= 4 is 28.4 Å². The van der Waals surface area contributed by atoms with Gasteiger partial charge in [-0.05, 0) is 18.2 Å². The molecule has 1 N–H and O–H groups in total. The quantitative estimate of drug-likeness (QED) is 0.494. The number of nitro groups is 3. The fourth-order valence-electron chi connectivity index (χ4n) is 1.69. The van der Waals surface area contributed by atoms with Crippen LogP contribution in [0.15, 0.2) is 46.6 Å². The van der Waals surface area contributed by atoms with Gasteiger partial charge in [-0.1, -0.05) is 0 Å². The second kappa shape index (κ2) is 6.43. The first-order valence-electron chi connectivity index (χ1n) is 6.11. The van der Waals surface area contributed by atoms with Crippen molar-refractivity contribution in [2.24, 2.45) is 10.2 Å². The molecule has 2 aromatic carbocycles. The summed E-state index contributed by atoms with van der Waals surface area (Å²) in [5.41, 5.74) is -2.03. The maximum Gasteiger partial charge on any atom is 0.312 e. The van der Waals surface area contributed by atoms with Crippen molar-refractivity contribution in [3.63, 3.8) is 0 Å². The molecule has 0 amide bonds. The van der Waals surface area contributed by atoms with Crippen LogP contribution in [0.3, 0.4) is 0 Å². The average molecular weight is 333 g/mol. The molecular formula is C12H7N5O7. The predicted octanol–water partition coefficient (Wildman–Crippen LogP) is 3.53. The average Bonchev–Trinajstić information content (AvgIpc) is 2.53.